The monoisotopic (exact) mass is 338 g/mol. The third-order valence-corrected chi connectivity index (χ3v) is 4.66. The van der Waals surface area contributed by atoms with E-state index in [4.69, 9.17) is 0 Å². The smallest absolute Gasteiger partial charge is 0.237 e. The first-order valence-electron chi connectivity index (χ1n) is 7.64. The molecule has 1 atom stereocenters. The molecule has 1 heterocycles. The Morgan fingerprint density at radius 1 is 1.12 bits per heavy atom. The maximum Gasteiger partial charge on any atom is 0.237 e. The number of nitrogens with zero attached hydrogens (tertiary/aromatic N) is 3. The van der Waals surface area contributed by atoms with Crippen molar-refractivity contribution in [1.82, 2.24) is 14.8 Å². The van der Waals surface area contributed by atoms with Gasteiger partial charge in [-0.3, -0.25) is 9.36 Å². The molecule has 0 aliphatic heterocycles. The van der Waals surface area contributed by atoms with Gasteiger partial charge in [0.25, 0.3) is 0 Å². The molecule has 0 aliphatic rings. The second-order valence-electron chi connectivity index (χ2n) is 5.38. The Labute approximate surface area is 145 Å². The van der Waals surface area contributed by atoms with Crippen molar-refractivity contribution in [2.24, 2.45) is 0 Å². The summed E-state index contributed by atoms with van der Waals surface area (Å²) in [5, 5.41) is 11.5. The van der Waals surface area contributed by atoms with E-state index in [0.29, 0.717) is 5.16 Å². The molecule has 6 heteroatoms. The van der Waals surface area contributed by atoms with Crippen molar-refractivity contribution in [3.63, 3.8) is 0 Å². The number of aromatic nitrogens is 3. The van der Waals surface area contributed by atoms with E-state index >= 15 is 0 Å². The molecule has 5 nitrogen and oxygen atoms in total. The summed E-state index contributed by atoms with van der Waals surface area (Å²) < 4.78 is 1.88. The van der Waals surface area contributed by atoms with Crippen LogP contribution in [-0.4, -0.2) is 25.9 Å². The zero-order valence-electron chi connectivity index (χ0n) is 13.5. The minimum absolute atomic E-state index is 0.0584. The predicted molar refractivity (Wildman–Crippen MR) is 96.5 cm³/mol. The summed E-state index contributed by atoms with van der Waals surface area (Å²) in [6.45, 7) is 3.84. The zero-order chi connectivity index (χ0) is 16.9. The summed E-state index contributed by atoms with van der Waals surface area (Å²) >= 11 is 1.38. The van der Waals surface area contributed by atoms with Crippen molar-refractivity contribution in [1.29, 1.82) is 0 Å². The number of amides is 1. The lowest BCUT2D eigenvalue weighted by atomic mass is 10.2. The van der Waals surface area contributed by atoms with E-state index in [-0.39, 0.29) is 11.2 Å². The van der Waals surface area contributed by atoms with Crippen molar-refractivity contribution < 1.29 is 4.79 Å². The van der Waals surface area contributed by atoms with Gasteiger partial charge in [0.1, 0.15) is 6.33 Å². The van der Waals surface area contributed by atoms with Crippen molar-refractivity contribution in [2.75, 3.05) is 5.32 Å². The SMILES string of the molecule is Cc1ccccc1NC(=O)[C@@H](C)Sc1nncn1-c1ccccc1. The Morgan fingerprint density at radius 3 is 2.58 bits per heavy atom. The van der Waals surface area contributed by atoms with Gasteiger partial charge in [0.15, 0.2) is 5.16 Å². The molecule has 0 saturated carbocycles. The summed E-state index contributed by atoms with van der Waals surface area (Å²) in [7, 11) is 0. The van der Waals surface area contributed by atoms with Crippen LogP contribution in [0.15, 0.2) is 66.1 Å². The summed E-state index contributed by atoms with van der Waals surface area (Å²) in [6.07, 6.45) is 1.66. The number of carbonyl (C=O) groups is 1. The number of benzene rings is 2. The maximum atomic E-state index is 12.4. The van der Waals surface area contributed by atoms with Crippen molar-refractivity contribution in [2.45, 2.75) is 24.3 Å². The number of anilines is 1. The molecule has 0 radical (unpaired) electrons. The average molecular weight is 338 g/mol. The Balaban J connectivity index is 1.72. The second kappa shape index (κ2) is 7.31. The summed E-state index contributed by atoms with van der Waals surface area (Å²) in [4.78, 5) is 12.4. The molecule has 0 fully saturated rings. The molecule has 1 aromatic heterocycles. The molecule has 0 bridgehead atoms. The number of aryl methyl sites for hydroxylation is 1. The number of hydrogen-bond acceptors (Lipinski definition) is 4. The van der Waals surface area contributed by atoms with Crippen molar-refractivity contribution in [3.8, 4) is 5.69 Å². The van der Waals surface area contributed by atoms with Crippen LogP contribution in [0.25, 0.3) is 5.69 Å². The van der Waals surface area contributed by atoms with Crippen molar-refractivity contribution >= 4 is 23.4 Å². The number of thioether (sulfide) groups is 1. The van der Waals surface area contributed by atoms with Crippen LogP contribution < -0.4 is 5.32 Å². The molecule has 1 N–H and O–H groups in total. The Bertz CT molecular complexity index is 832. The predicted octanol–water partition coefficient (Wildman–Crippen LogP) is 3.70. The van der Waals surface area contributed by atoms with Crippen LogP contribution >= 0.6 is 11.8 Å². The van der Waals surface area contributed by atoms with Gasteiger partial charge in [0, 0.05) is 11.4 Å². The molecular formula is C18H18N4OS. The lowest BCUT2D eigenvalue weighted by Crippen LogP contribution is -2.23. The molecule has 24 heavy (non-hydrogen) atoms. The number of para-hydroxylation sites is 2. The van der Waals surface area contributed by atoms with E-state index in [9.17, 15) is 4.79 Å². The molecule has 0 unspecified atom stereocenters. The van der Waals surface area contributed by atoms with Gasteiger partial charge < -0.3 is 5.32 Å². The Kier molecular flexibility index (Phi) is 4.96. The first-order chi connectivity index (χ1) is 11.6. The van der Waals surface area contributed by atoms with Crippen LogP contribution in [0.1, 0.15) is 12.5 Å². The van der Waals surface area contributed by atoms with Gasteiger partial charge in [-0.2, -0.15) is 0 Å². The number of hydrogen-bond donors (Lipinski definition) is 1. The lowest BCUT2D eigenvalue weighted by molar-refractivity contribution is -0.115. The minimum Gasteiger partial charge on any atom is -0.325 e. The topological polar surface area (TPSA) is 59.8 Å². The van der Waals surface area contributed by atoms with Crippen molar-refractivity contribution in [3.05, 3.63) is 66.5 Å². The highest BCUT2D eigenvalue weighted by Crippen LogP contribution is 2.25. The second-order valence-corrected chi connectivity index (χ2v) is 6.69. The van der Waals surface area contributed by atoms with E-state index in [1.807, 2.05) is 73.0 Å². The van der Waals surface area contributed by atoms with E-state index in [2.05, 4.69) is 15.5 Å². The number of rotatable bonds is 5. The highest BCUT2D eigenvalue weighted by Gasteiger charge is 2.19. The van der Waals surface area contributed by atoms with Crippen LogP contribution in [0.5, 0.6) is 0 Å². The minimum atomic E-state index is -0.295. The first kappa shape index (κ1) is 16.3. The van der Waals surface area contributed by atoms with Crippen LogP contribution in [0, 0.1) is 6.92 Å². The molecule has 3 rings (SSSR count). The van der Waals surface area contributed by atoms with Gasteiger partial charge in [-0.05, 0) is 37.6 Å². The third-order valence-electron chi connectivity index (χ3n) is 3.61. The summed E-state index contributed by atoms with van der Waals surface area (Å²) in [6, 6.07) is 17.6. The van der Waals surface area contributed by atoms with Gasteiger partial charge in [0.05, 0.1) is 5.25 Å². The lowest BCUT2D eigenvalue weighted by Gasteiger charge is -2.13. The van der Waals surface area contributed by atoms with Crippen LogP contribution in [0.4, 0.5) is 5.69 Å². The standard InChI is InChI=1S/C18H18N4OS/c1-13-8-6-7-11-16(13)20-17(23)14(2)24-18-21-19-12-22(18)15-9-4-3-5-10-15/h3-12,14H,1-2H3,(H,20,23)/t14-/m1/s1. The van der Waals surface area contributed by atoms with Gasteiger partial charge in [0.2, 0.25) is 5.91 Å². The maximum absolute atomic E-state index is 12.4. The highest BCUT2D eigenvalue weighted by molar-refractivity contribution is 8.00. The zero-order valence-corrected chi connectivity index (χ0v) is 14.3. The fourth-order valence-corrected chi connectivity index (χ4v) is 3.07. The number of carbonyl (C=O) groups excluding carboxylic acids is 1. The summed E-state index contributed by atoms with van der Waals surface area (Å²) in [5.41, 5.74) is 2.84. The van der Waals surface area contributed by atoms with E-state index < -0.39 is 0 Å². The van der Waals surface area contributed by atoms with E-state index in [1.165, 1.54) is 11.8 Å². The van der Waals surface area contributed by atoms with Crippen LogP contribution in [0.2, 0.25) is 0 Å². The average Bonchev–Trinajstić information content (AvgIpc) is 3.05. The fraction of sp³-hybridized carbons (Fsp3) is 0.167. The van der Waals surface area contributed by atoms with E-state index in [0.717, 1.165) is 16.9 Å². The van der Waals surface area contributed by atoms with E-state index in [1.54, 1.807) is 6.33 Å². The first-order valence-corrected chi connectivity index (χ1v) is 8.51. The molecule has 3 aromatic rings. The molecule has 0 spiro atoms. The molecule has 0 aliphatic carbocycles. The number of nitrogens with one attached hydrogen (secondary N) is 1. The highest BCUT2D eigenvalue weighted by atomic mass is 32.2. The molecule has 2 aromatic carbocycles. The van der Waals surface area contributed by atoms with Crippen LogP contribution in [-0.2, 0) is 4.79 Å². The molecule has 1 amide bonds. The summed E-state index contributed by atoms with van der Waals surface area (Å²) in [5.74, 6) is -0.0584. The fourth-order valence-electron chi connectivity index (χ4n) is 2.23. The van der Waals surface area contributed by atoms with Crippen LogP contribution in [0.3, 0.4) is 0 Å². The quantitative estimate of drug-likeness (QED) is 0.721. The largest absolute Gasteiger partial charge is 0.325 e. The molecular weight excluding hydrogens is 320 g/mol. The normalized spacial score (nSPS) is 11.9. The third kappa shape index (κ3) is 3.65. The Morgan fingerprint density at radius 2 is 1.83 bits per heavy atom. The van der Waals surface area contributed by atoms with Gasteiger partial charge in [-0.15, -0.1) is 10.2 Å². The van der Waals surface area contributed by atoms with Gasteiger partial charge in [-0.1, -0.05) is 48.2 Å². The Hall–Kier alpha value is -2.60. The molecule has 122 valence electrons. The van der Waals surface area contributed by atoms with Gasteiger partial charge >= 0.3 is 0 Å². The van der Waals surface area contributed by atoms with Gasteiger partial charge in [-0.25, -0.2) is 0 Å². The molecule has 0 saturated heterocycles.